The van der Waals surface area contributed by atoms with E-state index in [1.807, 2.05) is 29.8 Å². The molecule has 1 atom stereocenters. The number of hydrogen-bond acceptors (Lipinski definition) is 3. The summed E-state index contributed by atoms with van der Waals surface area (Å²) in [5.74, 6) is 0.733. The third-order valence-electron chi connectivity index (χ3n) is 2.27. The quantitative estimate of drug-likeness (QED) is 0.931. The minimum Gasteiger partial charge on any atom is -0.452 e. The Hall–Kier alpha value is -1.07. The van der Waals surface area contributed by atoms with Crippen molar-refractivity contribution in [2.45, 2.75) is 19.5 Å². The van der Waals surface area contributed by atoms with E-state index < -0.39 is 0 Å². The van der Waals surface area contributed by atoms with Gasteiger partial charge in [-0.05, 0) is 41.1 Å². The van der Waals surface area contributed by atoms with Crippen LogP contribution in [0.4, 0.5) is 0 Å². The lowest BCUT2D eigenvalue weighted by Crippen LogP contribution is -2.16. The first-order valence-electron chi connectivity index (χ1n) is 4.75. The normalized spacial score (nSPS) is 13.0. The molecule has 2 N–H and O–H groups in total. The van der Waals surface area contributed by atoms with Crippen molar-refractivity contribution in [2.24, 2.45) is 5.73 Å². The molecule has 0 spiro atoms. The Morgan fingerprint density at radius 1 is 1.53 bits per heavy atom. The van der Waals surface area contributed by atoms with Crippen molar-refractivity contribution in [3.8, 4) is 0 Å². The molecule has 0 fully saturated rings. The van der Waals surface area contributed by atoms with Crippen molar-refractivity contribution in [3.63, 3.8) is 0 Å². The third kappa shape index (κ3) is 1.98. The lowest BCUT2D eigenvalue weighted by Gasteiger charge is -2.10. The number of nitrogens with zero attached hydrogens (tertiary/aromatic N) is 2. The van der Waals surface area contributed by atoms with E-state index in [1.165, 1.54) is 0 Å². The number of aromatic nitrogens is 2. The Labute approximate surface area is 96.2 Å². The van der Waals surface area contributed by atoms with Gasteiger partial charge in [-0.3, -0.25) is 4.68 Å². The summed E-state index contributed by atoms with van der Waals surface area (Å²) in [5, 5.41) is 4.17. The zero-order chi connectivity index (χ0) is 10.8. The van der Waals surface area contributed by atoms with E-state index >= 15 is 0 Å². The largest absolute Gasteiger partial charge is 0.452 e. The Kier molecular flexibility index (Phi) is 2.93. The molecule has 15 heavy (non-hydrogen) atoms. The van der Waals surface area contributed by atoms with Crippen LogP contribution in [0.15, 0.2) is 33.5 Å². The van der Waals surface area contributed by atoms with Crippen LogP contribution in [0.5, 0.6) is 0 Å². The van der Waals surface area contributed by atoms with Crippen LogP contribution in [0, 0.1) is 0 Å². The molecule has 0 bridgehead atoms. The molecule has 80 valence electrons. The van der Waals surface area contributed by atoms with Crippen LogP contribution in [0.3, 0.4) is 0 Å². The van der Waals surface area contributed by atoms with Gasteiger partial charge in [-0.25, -0.2) is 0 Å². The molecular weight excluding hydrogens is 258 g/mol. The van der Waals surface area contributed by atoms with Gasteiger partial charge >= 0.3 is 0 Å². The second-order valence-electron chi connectivity index (χ2n) is 3.19. The van der Waals surface area contributed by atoms with Crippen LogP contribution in [-0.4, -0.2) is 9.78 Å². The van der Waals surface area contributed by atoms with Crippen LogP contribution < -0.4 is 5.73 Å². The fourth-order valence-corrected chi connectivity index (χ4v) is 1.83. The van der Waals surface area contributed by atoms with E-state index in [1.54, 1.807) is 6.20 Å². The van der Waals surface area contributed by atoms with Gasteiger partial charge in [0.1, 0.15) is 11.8 Å². The van der Waals surface area contributed by atoms with E-state index in [2.05, 4.69) is 21.0 Å². The molecule has 2 rings (SSSR count). The van der Waals surface area contributed by atoms with Gasteiger partial charge in [-0.1, -0.05) is 0 Å². The molecule has 2 heterocycles. The van der Waals surface area contributed by atoms with Gasteiger partial charge in [0.05, 0.1) is 5.69 Å². The first-order chi connectivity index (χ1) is 7.22. The van der Waals surface area contributed by atoms with Crippen LogP contribution in [0.2, 0.25) is 0 Å². The molecule has 0 saturated carbocycles. The Bertz CT molecular complexity index is 449. The predicted molar refractivity (Wildman–Crippen MR) is 60.3 cm³/mol. The molecule has 5 heteroatoms. The van der Waals surface area contributed by atoms with Gasteiger partial charge in [0, 0.05) is 12.7 Å². The molecule has 1 unspecified atom stereocenters. The zero-order valence-electron chi connectivity index (χ0n) is 8.35. The van der Waals surface area contributed by atoms with Crippen LogP contribution in [0.1, 0.15) is 24.4 Å². The highest BCUT2D eigenvalue weighted by Gasteiger charge is 2.16. The minimum absolute atomic E-state index is 0.265. The molecule has 4 nitrogen and oxygen atoms in total. The van der Waals surface area contributed by atoms with Crippen LogP contribution >= 0.6 is 15.9 Å². The molecule has 0 aliphatic heterocycles. The molecule has 2 aromatic heterocycles. The van der Waals surface area contributed by atoms with Gasteiger partial charge in [-0.2, -0.15) is 5.10 Å². The Balaban J connectivity index is 2.31. The highest BCUT2D eigenvalue weighted by atomic mass is 79.9. The number of rotatable bonds is 3. The van der Waals surface area contributed by atoms with E-state index in [9.17, 15) is 0 Å². The lowest BCUT2D eigenvalue weighted by molar-refractivity contribution is 0.457. The fraction of sp³-hybridized carbons (Fsp3) is 0.300. The first-order valence-corrected chi connectivity index (χ1v) is 5.54. The maximum Gasteiger partial charge on any atom is 0.169 e. The summed E-state index contributed by atoms with van der Waals surface area (Å²) in [5.41, 5.74) is 7.03. The zero-order valence-corrected chi connectivity index (χ0v) is 9.94. The van der Waals surface area contributed by atoms with Crippen molar-refractivity contribution in [3.05, 3.63) is 40.5 Å². The first kappa shape index (κ1) is 10.4. The average molecular weight is 270 g/mol. The van der Waals surface area contributed by atoms with E-state index in [4.69, 9.17) is 10.2 Å². The van der Waals surface area contributed by atoms with Crippen molar-refractivity contribution < 1.29 is 4.42 Å². The summed E-state index contributed by atoms with van der Waals surface area (Å²) >= 11 is 3.25. The molecule has 0 amide bonds. The van der Waals surface area contributed by atoms with Crippen LogP contribution in [-0.2, 0) is 6.54 Å². The second kappa shape index (κ2) is 4.20. The lowest BCUT2D eigenvalue weighted by atomic mass is 10.2. The summed E-state index contributed by atoms with van der Waals surface area (Å²) in [6, 6.07) is 5.34. The van der Waals surface area contributed by atoms with Gasteiger partial charge in [0.15, 0.2) is 4.67 Å². The van der Waals surface area contributed by atoms with Crippen molar-refractivity contribution >= 4 is 15.9 Å². The van der Waals surface area contributed by atoms with Gasteiger partial charge < -0.3 is 10.2 Å². The number of halogens is 1. The highest BCUT2D eigenvalue weighted by molar-refractivity contribution is 9.10. The summed E-state index contributed by atoms with van der Waals surface area (Å²) in [6.45, 7) is 2.83. The maximum atomic E-state index is 6.08. The summed E-state index contributed by atoms with van der Waals surface area (Å²) in [4.78, 5) is 0. The van der Waals surface area contributed by atoms with Gasteiger partial charge in [0.25, 0.3) is 0 Å². The third-order valence-corrected chi connectivity index (χ3v) is 2.69. The molecule has 0 aliphatic rings. The minimum atomic E-state index is -0.265. The van der Waals surface area contributed by atoms with Crippen LogP contribution in [0.25, 0.3) is 0 Å². The maximum absolute atomic E-state index is 6.08. The Morgan fingerprint density at radius 3 is 2.93 bits per heavy atom. The van der Waals surface area contributed by atoms with E-state index in [-0.39, 0.29) is 6.04 Å². The predicted octanol–water partition coefficient (Wildman–Crippen LogP) is 2.31. The summed E-state index contributed by atoms with van der Waals surface area (Å²) < 4.78 is 7.97. The number of hydrogen-bond donors (Lipinski definition) is 1. The van der Waals surface area contributed by atoms with E-state index in [0.717, 1.165) is 18.0 Å². The standard InChI is InChI=1S/C10H12BrN3O/c1-2-14-7(5-6-13-14)10(12)8-3-4-9(11)15-8/h3-6,10H,2,12H2,1H3. The molecule has 0 aliphatic carbocycles. The van der Waals surface area contributed by atoms with Gasteiger partial charge in [-0.15, -0.1) is 0 Å². The highest BCUT2D eigenvalue weighted by Crippen LogP contribution is 2.23. The van der Waals surface area contributed by atoms with Crippen molar-refractivity contribution in [1.29, 1.82) is 0 Å². The smallest absolute Gasteiger partial charge is 0.169 e. The summed E-state index contributed by atoms with van der Waals surface area (Å²) in [6.07, 6.45) is 1.75. The van der Waals surface area contributed by atoms with Gasteiger partial charge in [0.2, 0.25) is 0 Å². The number of furan rings is 1. The Morgan fingerprint density at radius 2 is 2.33 bits per heavy atom. The van der Waals surface area contributed by atoms with Crippen molar-refractivity contribution in [1.82, 2.24) is 9.78 Å². The fourth-order valence-electron chi connectivity index (χ4n) is 1.51. The molecule has 0 saturated heterocycles. The van der Waals surface area contributed by atoms with Crippen molar-refractivity contribution in [2.75, 3.05) is 0 Å². The molecule has 0 aromatic carbocycles. The molecular formula is C10H12BrN3O. The molecule has 0 radical (unpaired) electrons. The number of aryl methyl sites for hydroxylation is 1. The average Bonchev–Trinajstić information content (AvgIpc) is 2.84. The molecule has 2 aromatic rings. The van der Waals surface area contributed by atoms with E-state index in [0.29, 0.717) is 4.67 Å². The monoisotopic (exact) mass is 269 g/mol. The SMILES string of the molecule is CCn1nccc1C(N)c1ccc(Br)o1. The topological polar surface area (TPSA) is 57.0 Å². The number of nitrogens with two attached hydrogens (primary N) is 1. The second-order valence-corrected chi connectivity index (χ2v) is 3.97. The summed E-state index contributed by atoms with van der Waals surface area (Å²) in [7, 11) is 0.